The average molecular weight is 315 g/mol. The number of nitrogens with zero attached hydrogens (tertiary/aromatic N) is 1. The second kappa shape index (κ2) is 6.90. The van der Waals surface area contributed by atoms with Crippen molar-refractivity contribution < 1.29 is 0 Å². The molecule has 2 N–H and O–H groups in total. The van der Waals surface area contributed by atoms with E-state index in [-0.39, 0.29) is 0 Å². The molecule has 2 rings (SSSR count). The highest BCUT2D eigenvalue weighted by atomic mass is 79.9. The predicted octanol–water partition coefficient (Wildman–Crippen LogP) is 4.02. The van der Waals surface area contributed by atoms with Crippen molar-refractivity contribution in [2.75, 3.05) is 0 Å². The Labute approximate surface area is 121 Å². The summed E-state index contributed by atoms with van der Waals surface area (Å²) >= 11 is 3.43. The molecule has 0 saturated heterocycles. The Kier molecular flexibility index (Phi) is 4.93. The highest BCUT2D eigenvalue weighted by molar-refractivity contribution is 9.10. The lowest BCUT2D eigenvalue weighted by atomic mass is 10.1. The van der Waals surface area contributed by atoms with Gasteiger partial charge in [0.1, 0.15) is 0 Å². The molecular weight excluding hydrogens is 300 g/mol. The van der Waals surface area contributed by atoms with Crippen molar-refractivity contribution in [1.29, 1.82) is 0 Å². The summed E-state index contributed by atoms with van der Waals surface area (Å²) in [6.07, 6.45) is 3.58. The molecule has 96 valence electrons. The summed E-state index contributed by atoms with van der Waals surface area (Å²) in [5.41, 5.74) is 8.87. The second-order valence-electron chi connectivity index (χ2n) is 4.11. The third kappa shape index (κ3) is 4.38. The summed E-state index contributed by atoms with van der Waals surface area (Å²) in [6, 6.07) is 18.0. The van der Waals surface area contributed by atoms with Gasteiger partial charge in [0, 0.05) is 16.4 Å². The maximum atomic E-state index is 5.99. The molecule has 0 atom stereocenters. The third-order valence-corrected chi connectivity index (χ3v) is 3.13. The Hall–Kier alpha value is -1.87. The first-order valence-electron chi connectivity index (χ1n) is 6.01. The minimum Gasteiger partial charge on any atom is -0.398 e. The number of aliphatic imine (C=N–C) groups is 1. The van der Waals surface area contributed by atoms with Crippen LogP contribution >= 0.6 is 15.9 Å². The van der Waals surface area contributed by atoms with Gasteiger partial charge in [0.25, 0.3) is 0 Å². The number of hydrogen-bond acceptors (Lipinski definition) is 2. The first-order valence-corrected chi connectivity index (χ1v) is 6.80. The highest BCUT2D eigenvalue weighted by Gasteiger charge is 1.95. The Balaban J connectivity index is 1.98. The van der Waals surface area contributed by atoms with Crippen molar-refractivity contribution >= 4 is 27.8 Å². The van der Waals surface area contributed by atoms with E-state index in [1.54, 1.807) is 6.21 Å². The van der Waals surface area contributed by atoms with Gasteiger partial charge in [-0.2, -0.15) is 0 Å². The molecule has 0 bridgehead atoms. The van der Waals surface area contributed by atoms with Crippen LogP contribution in [0.25, 0.3) is 5.70 Å². The van der Waals surface area contributed by atoms with Crippen LogP contribution in [-0.2, 0) is 6.54 Å². The summed E-state index contributed by atoms with van der Waals surface area (Å²) in [7, 11) is 0. The summed E-state index contributed by atoms with van der Waals surface area (Å²) in [4.78, 5) is 4.34. The molecule has 2 nitrogen and oxygen atoms in total. The quantitative estimate of drug-likeness (QED) is 0.850. The van der Waals surface area contributed by atoms with Gasteiger partial charge in [-0.15, -0.1) is 0 Å². The smallest absolute Gasteiger partial charge is 0.0639 e. The number of benzene rings is 2. The van der Waals surface area contributed by atoms with Gasteiger partial charge in [-0.3, -0.25) is 4.99 Å². The van der Waals surface area contributed by atoms with Crippen molar-refractivity contribution in [3.8, 4) is 0 Å². The van der Waals surface area contributed by atoms with Gasteiger partial charge in [0.2, 0.25) is 0 Å². The predicted molar refractivity (Wildman–Crippen MR) is 84.9 cm³/mol. The molecule has 0 aliphatic rings. The summed E-state index contributed by atoms with van der Waals surface area (Å²) in [5, 5.41) is 0. The van der Waals surface area contributed by atoms with E-state index >= 15 is 0 Å². The minimum absolute atomic E-state index is 0.670. The van der Waals surface area contributed by atoms with Crippen LogP contribution in [0.15, 0.2) is 70.1 Å². The third-order valence-electron chi connectivity index (χ3n) is 2.63. The van der Waals surface area contributed by atoms with Crippen LogP contribution in [0.1, 0.15) is 11.1 Å². The molecule has 0 saturated carbocycles. The van der Waals surface area contributed by atoms with Crippen molar-refractivity contribution in [1.82, 2.24) is 0 Å². The molecule has 0 spiro atoms. The van der Waals surface area contributed by atoms with Gasteiger partial charge in [0.05, 0.1) is 6.54 Å². The van der Waals surface area contributed by atoms with Crippen molar-refractivity contribution in [3.05, 3.63) is 76.3 Å². The Morgan fingerprint density at radius 2 is 1.89 bits per heavy atom. The fourth-order valence-electron chi connectivity index (χ4n) is 1.64. The van der Waals surface area contributed by atoms with Gasteiger partial charge >= 0.3 is 0 Å². The van der Waals surface area contributed by atoms with Crippen LogP contribution in [0.2, 0.25) is 0 Å². The van der Waals surface area contributed by atoms with Crippen molar-refractivity contribution in [2.24, 2.45) is 10.7 Å². The number of rotatable bonds is 4. The molecule has 0 radical (unpaired) electrons. The van der Waals surface area contributed by atoms with Crippen LogP contribution in [0.3, 0.4) is 0 Å². The van der Waals surface area contributed by atoms with E-state index in [9.17, 15) is 0 Å². The summed E-state index contributed by atoms with van der Waals surface area (Å²) < 4.78 is 1.02. The summed E-state index contributed by atoms with van der Waals surface area (Å²) in [5.74, 6) is 0. The second-order valence-corrected chi connectivity index (χ2v) is 5.02. The molecule has 2 aromatic rings. The number of hydrogen-bond donors (Lipinski definition) is 1. The van der Waals surface area contributed by atoms with E-state index in [1.165, 1.54) is 5.56 Å². The monoisotopic (exact) mass is 314 g/mol. The lowest BCUT2D eigenvalue weighted by Crippen LogP contribution is -1.96. The van der Waals surface area contributed by atoms with Crippen LogP contribution in [-0.4, -0.2) is 6.21 Å². The molecule has 0 aliphatic carbocycles. The Bertz CT molecular complexity index is 589. The molecule has 0 unspecified atom stereocenters. The van der Waals surface area contributed by atoms with E-state index in [2.05, 4.69) is 33.1 Å². The topological polar surface area (TPSA) is 38.4 Å². The maximum Gasteiger partial charge on any atom is 0.0639 e. The number of halogens is 1. The average Bonchev–Trinajstić information content (AvgIpc) is 2.44. The molecule has 0 aliphatic heterocycles. The first-order chi connectivity index (χ1) is 9.25. The van der Waals surface area contributed by atoms with E-state index in [0.717, 1.165) is 10.0 Å². The summed E-state index contributed by atoms with van der Waals surface area (Å²) in [6.45, 7) is 0.670. The molecule has 0 amide bonds. The minimum atomic E-state index is 0.670. The van der Waals surface area contributed by atoms with Gasteiger partial charge < -0.3 is 5.73 Å². The van der Waals surface area contributed by atoms with Gasteiger partial charge in [0.15, 0.2) is 0 Å². The van der Waals surface area contributed by atoms with E-state index < -0.39 is 0 Å². The van der Waals surface area contributed by atoms with Crippen LogP contribution in [0.5, 0.6) is 0 Å². The normalized spacial score (nSPS) is 11.9. The maximum absolute atomic E-state index is 5.99. The lowest BCUT2D eigenvalue weighted by molar-refractivity contribution is 1.08. The zero-order valence-electron chi connectivity index (χ0n) is 10.5. The zero-order chi connectivity index (χ0) is 13.5. The molecular formula is C16H15BrN2. The van der Waals surface area contributed by atoms with Gasteiger partial charge in [-0.05, 0) is 29.3 Å². The fourth-order valence-corrected chi connectivity index (χ4v) is 2.04. The van der Waals surface area contributed by atoms with Crippen molar-refractivity contribution in [2.45, 2.75) is 6.54 Å². The molecule has 3 heteroatoms. The van der Waals surface area contributed by atoms with E-state index in [4.69, 9.17) is 5.73 Å². The van der Waals surface area contributed by atoms with Crippen molar-refractivity contribution in [3.63, 3.8) is 0 Å². The van der Waals surface area contributed by atoms with Gasteiger partial charge in [-0.25, -0.2) is 0 Å². The molecule has 0 heterocycles. The SMILES string of the molecule is N/C(=C\C=NCc1ccccc1)c1cccc(Br)c1. The number of allylic oxidation sites excluding steroid dienone is 1. The molecule has 0 fully saturated rings. The lowest BCUT2D eigenvalue weighted by Gasteiger charge is -2.00. The highest BCUT2D eigenvalue weighted by Crippen LogP contribution is 2.15. The van der Waals surface area contributed by atoms with E-state index in [0.29, 0.717) is 12.2 Å². The zero-order valence-corrected chi connectivity index (χ0v) is 12.0. The Morgan fingerprint density at radius 3 is 2.63 bits per heavy atom. The van der Waals surface area contributed by atoms with Crippen LogP contribution in [0, 0.1) is 0 Å². The standard InChI is InChI=1S/C16H15BrN2/c17-15-8-4-7-14(11-15)16(18)9-10-19-12-13-5-2-1-3-6-13/h1-11H,12,18H2/b16-9-,19-10?. The molecule has 19 heavy (non-hydrogen) atoms. The number of nitrogens with two attached hydrogens (primary N) is 1. The van der Waals surface area contributed by atoms with Gasteiger partial charge in [-0.1, -0.05) is 58.4 Å². The largest absolute Gasteiger partial charge is 0.398 e. The van der Waals surface area contributed by atoms with E-state index in [1.807, 2.05) is 48.5 Å². The first kappa shape index (κ1) is 13.6. The van der Waals surface area contributed by atoms with Crippen LogP contribution in [0.4, 0.5) is 0 Å². The molecule has 2 aromatic carbocycles. The molecule has 0 aromatic heterocycles. The fraction of sp³-hybridized carbons (Fsp3) is 0.0625. The van der Waals surface area contributed by atoms with Crippen LogP contribution < -0.4 is 5.73 Å². The Morgan fingerprint density at radius 1 is 1.11 bits per heavy atom.